The summed E-state index contributed by atoms with van der Waals surface area (Å²) >= 11 is 0. The van der Waals surface area contributed by atoms with Gasteiger partial charge in [-0.1, -0.05) is 18.2 Å². The van der Waals surface area contributed by atoms with Crippen LogP contribution in [0.5, 0.6) is 0 Å². The zero-order valence-electron chi connectivity index (χ0n) is 8.90. The summed E-state index contributed by atoms with van der Waals surface area (Å²) in [7, 11) is -3.55. The number of nitrogens with one attached hydrogen (secondary N) is 1. The van der Waals surface area contributed by atoms with E-state index in [2.05, 4.69) is 11.3 Å². The van der Waals surface area contributed by atoms with Crippen LogP contribution in [0.1, 0.15) is 12.5 Å². The molecule has 0 saturated carbocycles. The van der Waals surface area contributed by atoms with E-state index in [1.165, 1.54) is 18.2 Å². The monoisotopic (exact) mass is 236 g/mol. The zero-order valence-corrected chi connectivity index (χ0v) is 9.71. The van der Waals surface area contributed by atoms with E-state index in [9.17, 15) is 8.42 Å². The van der Waals surface area contributed by atoms with Gasteiger partial charge in [0.1, 0.15) is 0 Å². The van der Waals surface area contributed by atoms with Gasteiger partial charge in [-0.25, -0.2) is 13.1 Å². The topological polar surface area (TPSA) is 70.0 Å². The predicted molar refractivity (Wildman–Crippen MR) is 61.2 cm³/mol. The van der Waals surface area contributed by atoms with Crippen molar-refractivity contribution < 1.29 is 8.42 Å². The SMILES string of the molecule is C=C(C)CNS(=O)(=O)c1cccc(C#N)c1. The van der Waals surface area contributed by atoms with Gasteiger partial charge in [-0.05, 0) is 25.1 Å². The molecule has 0 heterocycles. The molecule has 4 nitrogen and oxygen atoms in total. The van der Waals surface area contributed by atoms with Crippen molar-refractivity contribution in [1.82, 2.24) is 4.72 Å². The van der Waals surface area contributed by atoms with Crippen LogP contribution < -0.4 is 4.72 Å². The first-order valence-electron chi connectivity index (χ1n) is 4.60. The van der Waals surface area contributed by atoms with Gasteiger partial charge < -0.3 is 0 Å². The van der Waals surface area contributed by atoms with Gasteiger partial charge in [0, 0.05) is 6.54 Å². The third-order valence-electron chi connectivity index (χ3n) is 1.84. The van der Waals surface area contributed by atoms with Crippen molar-refractivity contribution in [2.24, 2.45) is 0 Å². The van der Waals surface area contributed by atoms with Gasteiger partial charge in [0.05, 0.1) is 16.5 Å². The summed E-state index contributed by atoms with van der Waals surface area (Å²) in [5.41, 5.74) is 1.04. The van der Waals surface area contributed by atoms with Crippen LogP contribution in [0.2, 0.25) is 0 Å². The van der Waals surface area contributed by atoms with E-state index in [4.69, 9.17) is 5.26 Å². The van der Waals surface area contributed by atoms with Gasteiger partial charge in [-0.15, -0.1) is 0 Å². The highest BCUT2D eigenvalue weighted by Crippen LogP contribution is 2.10. The molecule has 1 aromatic carbocycles. The van der Waals surface area contributed by atoms with E-state index in [-0.39, 0.29) is 11.4 Å². The van der Waals surface area contributed by atoms with Crippen LogP contribution in [-0.2, 0) is 10.0 Å². The Bertz CT molecular complexity index is 541. The molecule has 0 bridgehead atoms. The fourth-order valence-electron chi connectivity index (χ4n) is 1.03. The summed E-state index contributed by atoms with van der Waals surface area (Å²) < 4.78 is 25.9. The third kappa shape index (κ3) is 3.19. The average molecular weight is 236 g/mol. The van der Waals surface area contributed by atoms with E-state index in [0.717, 1.165) is 5.57 Å². The molecule has 0 saturated heterocycles. The van der Waals surface area contributed by atoms with Gasteiger partial charge in [-0.2, -0.15) is 5.26 Å². The van der Waals surface area contributed by atoms with E-state index in [0.29, 0.717) is 5.56 Å². The van der Waals surface area contributed by atoms with Crippen molar-refractivity contribution in [3.05, 3.63) is 42.0 Å². The lowest BCUT2D eigenvalue weighted by atomic mass is 10.2. The summed E-state index contributed by atoms with van der Waals surface area (Å²) in [5.74, 6) is 0. The van der Waals surface area contributed by atoms with Crippen LogP contribution in [-0.4, -0.2) is 15.0 Å². The lowest BCUT2D eigenvalue weighted by Crippen LogP contribution is -2.25. The van der Waals surface area contributed by atoms with Crippen LogP contribution in [0.3, 0.4) is 0 Å². The normalized spacial score (nSPS) is 10.8. The van der Waals surface area contributed by atoms with Crippen LogP contribution in [0.4, 0.5) is 0 Å². The largest absolute Gasteiger partial charge is 0.240 e. The van der Waals surface area contributed by atoms with Crippen LogP contribution in [0, 0.1) is 11.3 Å². The highest BCUT2D eigenvalue weighted by Gasteiger charge is 2.13. The summed E-state index contributed by atoms with van der Waals surface area (Å²) in [5, 5.41) is 8.67. The minimum atomic E-state index is -3.55. The highest BCUT2D eigenvalue weighted by atomic mass is 32.2. The number of hydrogen-bond acceptors (Lipinski definition) is 3. The molecular formula is C11H12N2O2S. The molecular weight excluding hydrogens is 224 g/mol. The molecule has 0 aliphatic heterocycles. The van der Waals surface area contributed by atoms with Crippen LogP contribution in [0.15, 0.2) is 41.3 Å². The van der Waals surface area contributed by atoms with Crippen molar-refractivity contribution >= 4 is 10.0 Å². The van der Waals surface area contributed by atoms with Crippen molar-refractivity contribution in [3.63, 3.8) is 0 Å². The first-order chi connectivity index (χ1) is 7.45. The smallest absolute Gasteiger partial charge is 0.207 e. The van der Waals surface area contributed by atoms with E-state index in [1.807, 2.05) is 6.07 Å². The summed E-state index contributed by atoms with van der Waals surface area (Å²) in [4.78, 5) is 0.0906. The molecule has 84 valence electrons. The molecule has 0 aromatic heterocycles. The van der Waals surface area contributed by atoms with Crippen LogP contribution in [0.25, 0.3) is 0 Å². The lowest BCUT2D eigenvalue weighted by Gasteiger charge is -2.06. The fourth-order valence-corrected chi connectivity index (χ4v) is 2.18. The lowest BCUT2D eigenvalue weighted by molar-refractivity contribution is 0.584. The van der Waals surface area contributed by atoms with Crippen LogP contribution >= 0.6 is 0 Å². The van der Waals surface area contributed by atoms with Gasteiger partial charge in [-0.3, -0.25) is 0 Å². The maximum Gasteiger partial charge on any atom is 0.240 e. The Kier molecular flexibility index (Phi) is 3.82. The van der Waals surface area contributed by atoms with E-state index < -0.39 is 10.0 Å². The van der Waals surface area contributed by atoms with Gasteiger partial charge >= 0.3 is 0 Å². The molecule has 0 fully saturated rings. The number of benzene rings is 1. The number of nitrogens with zero attached hydrogens (tertiary/aromatic N) is 1. The van der Waals surface area contributed by atoms with E-state index in [1.54, 1.807) is 13.0 Å². The molecule has 16 heavy (non-hydrogen) atoms. The van der Waals surface area contributed by atoms with Crippen molar-refractivity contribution in [1.29, 1.82) is 5.26 Å². The van der Waals surface area contributed by atoms with Crippen molar-refractivity contribution in [3.8, 4) is 6.07 Å². The Labute approximate surface area is 95.3 Å². The van der Waals surface area contributed by atoms with Gasteiger partial charge in [0.2, 0.25) is 10.0 Å². The average Bonchev–Trinajstić information content (AvgIpc) is 2.27. The second-order valence-corrected chi connectivity index (χ2v) is 5.19. The highest BCUT2D eigenvalue weighted by molar-refractivity contribution is 7.89. The minimum absolute atomic E-state index is 0.0906. The molecule has 0 unspecified atom stereocenters. The summed E-state index contributed by atoms with van der Waals surface area (Å²) in [6, 6.07) is 7.76. The quantitative estimate of drug-likeness (QED) is 0.803. The first kappa shape index (κ1) is 12.4. The van der Waals surface area contributed by atoms with Gasteiger partial charge in [0.25, 0.3) is 0 Å². The Morgan fingerprint density at radius 1 is 1.56 bits per heavy atom. The second-order valence-electron chi connectivity index (χ2n) is 3.42. The summed E-state index contributed by atoms with van der Waals surface area (Å²) in [6.45, 7) is 5.53. The Morgan fingerprint density at radius 2 is 2.25 bits per heavy atom. The molecule has 0 aliphatic carbocycles. The number of nitriles is 1. The molecule has 1 rings (SSSR count). The maximum absolute atomic E-state index is 11.7. The third-order valence-corrected chi connectivity index (χ3v) is 3.24. The van der Waals surface area contributed by atoms with E-state index >= 15 is 0 Å². The Morgan fingerprint density at radius 3 is 2.81 bits per heavy atom. The maximum atomic E-state index is 11.7. The summed E-state index contributed by atoms with van der Waals surface area (Å²) in [6.07, 6.45) is 0. The number of sulfonamides is 1. The minimum Gasteiger partial charge on any atom is -0.207 e. The zero-order chi connectivity index (χ0) is 12.2. The van der Waals surface area contributed by atoms with Gasteiger partial charge in [0.15, 0.2) is 0 Å². The van der Waals surface area contributed by atoms with Crippen molar-refractivity contribution in [2.75, 3.05) is 6.54 Å². The molecule has 0 amide bonds. The van der Waals surface area contributed by atoms with Crippen molar-refractivity contribution in [2.45, 2.75) is 11.8 Å². The molecule has 0 spiro atoms. The first-order valence-corrected chi connectivity index (χ1v) is 6.08. The standard InChI is InChI=1S/C11H12N2O2S/c1-9(2)8-13-16(14,15)11-5-3-4-10(6-11)7-12/h3-6,13H,1,8H2,2H3. The Balaban J connectivity index is 2.99. The number of rotatable bonds is 4. The molecule has 1 aromatic rings. The Hall–Kier alpha value is -1.64. The molecule has 0 radical (unpaired) electrons. The molecule has 0 aliphatic rings. The second kappa shape index (κ2) is 4.92. The predicted octanol–water partition coefficient (Wildman–Crippen LogP) is 1.41. The molecule has 1 N–H and O–H groups in total. The molecule has 5 heteroatoms. The number of hydrogen-bond donors (Lipinski definition) is 1. The fraction of sp³-hybridized carbons (Fsp3) is 0.182. The molecule has 0 atom stereocenters.